The largest absolute Gasteiger partial charge is 0.497 e. The highest BCUT2D eigenvalue weighted by molar-refractivity contribution is 8.00. The second kappa shape index (κ2) is 15.4. The van der Waals surface area contributed by atoms with E-state index in [0.717, 1.165) is 0 Å². The van der Waals surface area contributed by atoms with Crippen molar-refractivity contribution in [1.82, 2.24) is 5.32 Å². The molecular weight excluding hydrogens is 608 g/mol. The monoisotopic (exact) mass is 640 g/mol. The number of amides is 3. The maximum absolute atomic E-state index is 13.6. The summed E-state index contributed by atoms with van der Waals surface area (Å²) < 4.78 is 10.8. The fraction of sp³-hybridized carbons (Fsp3) is 0.147. The van der Waals surface area contributed by atoms with E-state index in [9.17, 15) is 24.5 Å². The van der Waals surface area contributed by atoms with Gasteiger partial charge in [0, 0.05) is 33.8 Å². The second-order valence-electron chi connectivity index (χ2n) is 9.97. The minimum absolute atomic E-state index is 0.0430. The van der Waals surface area contributed by atoms with Crippen LogP contribution in [0.2, 0.25) is 0 Å². The molecule has 1 atom stereocenters. The number of hydrogen-bond donors (Lipinski definition) is 3. The summed E-state index contributed by atoms with van der Waals surface area (Å²) >= 11 is 1.24. The molecule has 1 unspecified atom stereocenters. The quantitative estimate of drug-likeness (QED) is 0.0693. The maximum atomic E-state index is 13.6. The third-order valence-electron chi connectivity index (χ3n) is 6.73. The first-order valence-corrected chi connectivity index (χ1v) is 14.9. The maximum Gasteiger partial charge on any atom is 0.272 e. The highest BCUT2D eigenvalue weighted by atomic mass is 32.2. The molecule has 0 saturated carbocycles. The average Bonchev–Trinajstić information content (AvgIpc) is 3.05. The number of methoxy groups -OCH3 is 2. The highest BCUT2D eigenvalue weighted by Crippen LogP contribution is 2.29. The van der Waals surface area contributed by atoms with Gasteiger partial charge in [0.25, 0.3) is 17.5 Å². The molecule has 4 rings (SSSR count). The summed E-state index contributed by atoms with van der Waals surface area (Å²) in [6, 6.07) is 24.8. The van der Waals surface area contributed by atoms with Gasteiger partial charge < -0.3 is 25.4 Å². The van der Waals surface area contributed by atoms with Gasteiger partial charge in [0.15, 0.2) is 0 Å². The van der Waals surface area contributed by atoms with Crippen molar-refractivity contribution in [1.29, 1.82) is 0 Å². The molecule has 11 nitrogen and oxygen atoms in total. The molecule has 236 valence electrons. The van der Waals surface area contributed by atoms with Crippen molar-refractivity contribution in [3.63, 3.8) is 0 Å². The number of hydrogen-bond acceptors (Lipinski definition) is 8. The van der Waals surface area contributed by atoms with Gasteiger partial charge in [-0.2, -0.15) is 0 Å². The van der Waals surface area contributed by atoms with E-state index in [0.29, 0.717) is 44.5 Å². The number of nitro groups is 1. The van der Waals surface area contributed by atoms with E-state index in [1.165, 1.54) is 44.2 Å². The zero-order valence-electron chi connectivity index (χ0n) is 25.5. The highest BCUT2D eigenvalue weighted by Gasteiger charge is 2.19. The third-order valence-corrected chi connectivity index (χ3v) is 7.82. The fourth-order valence-electron chi connectivity index (χ4n) is 4.25. The Balaban J connectivity index is 1.54. The molecule has 46 heavy (non-hydrogen) atoms. The van der Waals surface area contributed by atoms with Crippen LogP contribution in [0, 0.1) is 17.0 Å². The molecular formula is C34H32N4O7S. The van der Waals surface area contributed by atoms with Crippen molar-refractivity contribution >= 4 is 52.6 Å². The summed E-state index contributed by atoms with van der Waals surface area (Å²) in [5.74, 6) is -0.421. The molecule has 0 heterocycles. The predicted octanol–water partition coefficient (Wildman–Crippen LogP) is 6.45. The van der Waals surface area contributed by atoms with Crippen molar-refractivity contribution in [2.24, 2.45) is 0 Å². The summed E-state index contributed by atoms with van der Waals surface area (Å²) in [6.45, 7) is 3.46. The Morgan fingerprint density at radius 3 is 2.35 bits per heavy atom. The molecule has 12 heteroatoms. The van der Waals surface area contributed by atoms with Gasteiger partial charge in [-0.3, -0.25) is 24.5 Å². The minimum atomic E-state index is -0.594. The van der Waals surface area contributed by atoms with Gasteiger partial charge in [-0.1, -0.05) is 30.3 Å². The zero-order chi connectivity index (χ0) is 33.2. The molecule has 0 aliphatic carbocycles. The van der Waals surface area contributed by atoms with Crippen molar-refractivity contribution in [3.8, 4) is 11.5 Å². The Bertz CT molecular complexity index is 1790. The lowest BCUT2D eigenvalue weighted by Gasteiger charge is -2.15. The smallest absolute Gasteiger partial charge is 0.272 e. The zero-order valence-corrected chi connectivity index (χ0v) is 26.3. The molecule has 4 aromatic carbocycles. The number of thioether (sulfide) groups is 1. The van der Waals surface area contributed by atoms with Gasteiger partial charge in [-0.25, -0.2) is 0 Å². The molecule has 3 amide bonds. The van der Waals surface area contributed by atoms with Crippen LogP contribution in [0.15, 0.2) is 102 Å². The lowest BCUT2D eigenvalue weighted by Crippen LogP contribution is -2.30. The van der Waals surface area contributed by atoms with E-state index in [4.69, 9.17) is 9.47 Å². The standard InChI is InChI=1S/C34H32N4O7S/c1-21-13-14-26(38(42)43)20-29(21)36-32(39)22(2)46-28-12-8-11-25(19-28)35-34(41)30(37-33(40)23-9-6-5-7-10-23)18-24-17-27(44-3)15-16-31(24)45-4/h5-20,22H,1-4H3,(H,35,41)(H,36,39)(H,37,40)/b30-18+. The van der Waals surface area contributed by atoms with Gasteiger partial charge >= 0.3 is 0 Å². The minimum Gasteiger partial charge on any atom is -0.497 e. The fourth-order valence-corrected chi connectivity index (χ4v) is 5.17. The lowest BCUT2D eigenvalue weighted by molar-refractivity contribution is -0.384. The Morgan fingerprint density at radius 2 is 1.65 bits per heavy atom. The summed E-state index contributed by atoms with van der Waals surface area (Å²) in [6.07, 6.45) is 1.50. The average molecular weight is 641 g/mol. The molecule has 0 aliphatic heterocycles. The van der Waals surface area contributed by atoms with Gasteiger partial charge in [0.2, 0.25) is 5.91 Å². The van der Waals surface area contributed by atoms with Crippen LogP contribution >= 0.6 is 11.8 Å². The van der Waals surface area contributed by atoms with Crippen LogP contribution in [0.25, 0.3) is 6.08 Å². The van der Waals surface area contributed by atoms with Gasteiger partial charge in [0.05, 0.1) is 30.1 Å². The number of nitro benzene ring substituents is 1. The van der Waals surface area contributed by atoms with Crippen LogP contribution < -0.4 is 25.4 Å². The molecule has 0 saturated heterocycles. The molecule has 0 spiro atoms. The van der Waals surface area contributed by atoms with Crippen LogP contribution in [-0.2, 0) is 9.59 Å². The number of ether oxygens (including phenoxy) is 2. The van der Waals surface area contributed by atoms with E-state index >= 15 is 0 Å². The van der Waals surface area contributed by atoms with Crippen molar-refractivity contribution in [2.45, 2.75) is 24.0 Å². The van der Waals surface area contributed by atoms with E-state index in [1.54, 1.807) is 92.7 Å². The van der Waals surface area contributed by atoms with Crippen LogP contribution in [0.1, 0.15) is 28.4 Å². The van der Waals surface area contributed by atoms with Crippen LogP contribution in [-0.4, -0.2) is 42.1 Å². The van der Waals surface area contributed by atoms with Crippen molar-refractivity contribution in [3.05, 3.63) is 123 Å². The lowest BCUT2D eigenvalue weighted by atomic mass is 10.1. The predicted molar refractivity (Wildman–Crippen MR) is 178 cm³/mol. The number of non-ortho nitro benzene ring substituents is 1. The molecule has 0 radical (unpaired) electrons. The van der Waals surface area contributed by atoms with Gasteiger partial charge in [-0.15, -0.1) is 11.8 Å². The number of aryl methyl sites for hydroxylation is 1. The van der Waals surface area contributed by atoms with Gasteiger partial charge in [-0.05, 0) is 74.0 Å². The molecule has 0 fully saturated rings. The number of nitrogens with zero attached hydrogens (tertiary/aromatic N) is 1. The third kappa shape index (κ3) is 8.73. The number of carbonyl (C=O) groups excluding carboxylic acids is 3. The Labute approximate surface area is 270 Å². The number of anilines is 2. The number of carbonyl (C=O) groups is 3. The molecule has 0 aliphatic rings. The molecule has 0 bridgehead atoms. The summed E-state index contributed by atoms with van der Waals surface area (Å²) in [4.78, 5) is 50.9. The molecule has 3 N–H and O–H groups in total. The van der Waals surface area contributed by atoms with Crippen LogP contribution in [0.3, 0.4) is 0 Å². The Morgan fingerprint density at radius 1 is 0.891 bits per heavy atom. The number of nitrogens with one attached hydrogen (secondary N) is 3. The van der Waals surface area contributed by atoms with E-state index in [2.05, 4.69) is 16.0 Å². The number of rotatable bonds is 12. The second-order valence-corrected chi connectivity index (χ2v) is 11.4. The molecule has 0 aromatic heterocycles. The van der Waals surface area contributed by atoms with E-state index < -0.39 is 22.0 Å². The van der Waals surface area contributed by atoms with E-state index in [-0.39, 0.29) is 17.3 Å². The van der Waals surface area contributed by atoms with Crippen molar-refractivity contribution in [2.75, 3.05) is 24.9 Å². The first kappa shape index (κ1) is 33.3. The SMILES string of the molecule is COc1ccc(OC)c(/C=C(/NC(=O)c2ccccc2)C(=O)Nc2cccc(SC(C)C(=O)Nc3cc([N+](=O)[O-])ccc3C)c2)c1. The first-order chi connectivity index (χ1) is 22.1. The van der Waals surface area contributed by atoms with Crippen LogP contribution in [0.4, 0.5) is 17.1 Å². The normalized spacial score (nSPS) is 11.6. The summed E-state index contributed by atoms with van der Waals surface area (Å²) in [5.41, 5.74) is 2.18. The van der Waals surface area contributed by atoms with Crippen molar-refractivity contribution < 1.29 is 28.8 Å². The van der Waals surface area contributed by atoms with Crippen LogP contribution in [0.5, 0.6) is 11.5 Å². The summed E-state index contributed by atoms with van der Waals surface area (Å²) in [7, 11) is 3.01. The van der Waals surface area contributed by atoms with Gasteiger partial charge in [0.1, 0.15) is 17.2 Å². The summed E-state index contributed by atoms with van der Waals surface area (Å²) in [5, 5.41) is 18.9. The topological polar surface area (TPSA) is 149 Å². The molecule has 4 aromatic rings. The number of benzene rings is 4. The first-order valence-electron chi connectivity index (χ1n) is 14.0. The Hall–Kier alpha value is -5.62. The van der Waals surface area contributed by atoms with E-state index in [1.807, 2.05) is 0 Å². The Kier molecular flexibility index (Phi) is 11.1.